The van der Waals surface area contributed by atoms with Gasteiger partial charge in [0.15, 0.2) is 6.10 Å². The molecule has 1 N–H and O–H groups in total. The number of nitrogens with zero attached hydrogens (tertiary/aromatic N) is 1. The van der Waals surface area contributed by atoms with Gasteiger partial charge in [-0.3, -0.25) is 9.59 Å². The molecule has 0 spiro atoms. The zero-order valence-electron chi connectivity index (χ0n) is 20.7. The summed E-state index contributed by atoms with van der Waals surface area (Å²) in [6, 6.07) is 0. The predicted molar refractivity (Wildman–Crippen MR) is 124 cm³/mol. The van der Waals surface area contributed by atoms with Crippen LogP contribution in [0.4, 0.5) is 0 Å². The maximum atomic E-state index is 12.0. The number of likely N-dealkylation sites (N-methyl/N-ethyl adjacent to an activating group) is 1. The average Bonchev–Trinajstić information content (AvgIpc) is 2.65. The summed E-state index contributed by atoms with van der Waals surface area (Å²) in [5.41, 5.74) is 0. The lowest BCUT2D eigenvalue weighted by Crippen LogP contribution is -2.45. The van der Waals surface area contributed by atoms with Crippen LogP contribution in [0, 0.1) is 0 Å². The Morgan fingerprint density at radius 1 is 0.719 bits per heavy atom. The molecule has 0 aromatic rings. The van der Waals surface area contributed by atoms with Crippen LogP contribution in [-0.2, 0) is 19.1 Å². The van der Waals surface area contributed by atoms with Crippen LogP contribution >= 0.6 is 0 Å². The number of ether oxygens (including phenoxy) is 1. The van der Waals surface area contributed by atoms with Crippen LogP contribution in [0.1, 0.15) is 109 Å². The molecule has 0 saturated carbocycles. The van der Waals surface area contributed by atoms with Crippen LogP contribution in [0.5, 0.6) is 0 Å². The monoisotopic (exact) mass is 457 g/mol. The molecule has 0 aliphatic carbocycles. The molecule has 0 fully saturated rings. The van der Waals surface area contributed by atoms with E-state index in [9.17, 15) is 19.5 Å². The Bertz CT molecular complexity index is 515. The van der Waals surface area contributed by atoms with E-state index in [1.54, 1.807) is 0 Å². The second kappa shape index (κ2) is 18.9. The second-order valence-electron chi connectivity index (χ2n) is 10.0. The lowest BCUT2D eigenvalue weighted by molar-refractivity contribution is -0.873. The van der Waals surface area contributed by atoms with E-state index in [1.165, 1.54) is 51.4 Å². The summed E-state index contributed by atoms with van der Waals surface area (Å²) in [4.78, 5) is 33.3. The molecule has 7 nitrogen and oxygen atoms in total. The van der Waals surface area contributed by atoms with Gasteiger partial charge in [-0.2, -0.15) is 0 Å². The van der Waals surface area contributed by atoms with Crippen molar-refractivity contribution >= 4 is 17.9 Å². The van der Waals surface area contributed by atoms with Crippen LogP contribution < -0.4 is 5.11 Å². The Kier molecular flexibility index (Phi) is 17.9. The van der Waals surface area contributed by atoms with Crippen molar-refractivity contribution in [2.45, 2.75) is 115 Å². The predicted octanol–water partition coefficient (Wildman–Crippen LogP) is 4.07. The van der Waals surface area contributed by atoms with E-state index in [4.69, 9.17) is 9.84 Å². The third-order valence-electron chi connectivity index (χ3n) is 5.47. The second-order valence-corrected chi connectivity index (χ2v) is 10.0. The molecule has 0 aromatic heterocycles. The number of carboxylic acids is 2. The number of carboxylic acid groups (broad SMARTS) is 2. The number of carbonyl (C=O) groups is 3. The van der Waals surface area contributed by atoms with E-state index in [2.05, 4.69) is 0 Å². The van der Waals surface area contributed by atoms with E-state index in [1.807, 2.05) is 21.1 Å². The zero-order chi connectivity index (χ0) is 24.2. The highest BCUT2D eigenvalue weighted by atomic mass is 16.5. The van der Waals surface area contributed by atoms with Crippen LogP contribution in [0.3, 0.4) is 0 Å². The van der Waals surface area contributed by atoms with E-state index >= 15 is 0 Å². The molecule has 0 saturated heterocycles. The van der Waals surface area contributed by atoms with Crippen molar-refractivity contribution in [2.75, 3.05) is 27.7 Å². The van der Waals surface area contributed by atoms with Crippen LogP contribution in [-0.4, -0.2) is 61.3 Å². The quantitative estimate of drug-likeness (QED) is 0.149. The minimum Gasteiger partial charge on any atom is -0.550 e. The van der Waals surface area contributed by atoms with Gasteiger partial charge in [-0.25, -0.2) is 0 Å². The Labute approximate surface area is 195 Å². The van der Waals surface area contributed by atoms with E-state index in [0.717, 1.165) is 38.5 Å². The van der Waals surface area contributed by atoms with Gasteiger partial charge in [0.25, 0.3) is 0 Å². The van der Waals surface area contributed by atoms with E-state index in [0.29, 0.717) is 23.9 Å². The topological polar surface area (TPSA) is 104 Å². The molecule has 7 heteroatoms. The molecular weight excluding hydrogens is 410 g/mol. The van der Waals surface area contributed by atoms with Crippen molar-refractivity contribution in [1.82, 2.24) is 0 Å². The summed E-state index contributed by atoms with van der Waals surface area (Å²) in [6.07, 6.45) is 15.6. The van der Waals surface area contributed by atoms with E-state index < -0.39 is 18.0 Å². The molecule has 0 heterocycles. The van der Waals surface area contributed by atoms with Gasteiger partial charge in [0.2, 0.25) is 0 Å². The number of carbonyl (C=O) groups excluding carboxylic acids is 2. The first-order valence-corrected chi connectivity index (χ1v) is 12.5. The van der Waals surface area contributed by atoms with Crippen molar-refractivity contribution in [1.29, 1.82) is 0 Å². The van der Waals surface area contributed by atoms with Crippen molar-refractivity contribution < 1.29 is 33.8 Å². The van der Waals surface area contributed by atoms with Crippen LogP contribution in [0.15, 0.2) is 0 Å². The SMILES string of the molecule is C[N+](C)(C)CC(CC(=O)[O-])OC(=O)CCCCCCCCCCCCCCCCC(=O)O. The normalized spacial score (nSPS) is 12.5. The van der Waals surface area contributed by atoms with Crippen molar-refractivity contribution in [3.63, 3.8) is 0 Å². The number of rotatable bonds is 22. The van der Waals surface area contributed by atoms with Gasteiger partial charge in [0.1, 0.15) is 6.54 Å². The Morgan fingerprint density at radius 3 is 1.44 bits per heavy atom. The summed E-state index contributed by atoms with van der Waals surface area (Å²) in [5, 5.41) is 19.5. The van der Waals surface area contributed by atoms with Gasteiger partial charge in [0, 0.05) is 25.2 Å². The molecule has 0 aliphatic rings. The minimum absolute atomic E-state index is 0.256. The first kappa shape index (κ1) is 30.4. The molecule has 0 rings (SSSR count). The van der Waals surface area contributed by atoms with Gasteiger partial charge in [-0.1, -0.05) is 77.0 Å². The Balaban J connectivity index is 3.52. The number of unbranched alkanes of at least 4 members (excludes halogenated alkanes) is 13. The third kappa shape index (κ3) is 23.0. The summed E-state index contributed by atoms with van der Waals surface area (Å²) in [5.74, 6) is -2.20. The number of aliphatic carboxylic acids is 2. The molecule has 0 bridgehead atoms. The molecule has 0 aromatic carbocycles. The highest BCUT2D eigenvalue weighted by molar-refractivity contribution is 5.70. The Hall–Kier alpha value is -1.63. The molecular formula is C25H47NO6. The lowest BCUT2D eigenvalue weighted by atomic mass is 10.0. The number of hydrogen-bond acceptors (Lipinski definition) is 5. The largest absolute Gasteiger partial charge is 0.550 e. The van der Waals surface area contributed by atoms with Gasteiger partial charge in [-0.05, 0) is 12.8 Å². The number of hydrogen-bond donors (Lipinski definition) is 1. The lowest BCUT2D eigenvalue weighted by Gasteiger charge is -2.29. The van der Waals surface area contributed by atoms with E-state index in [-0.39, 0.29) is 12.4 Å². The first-order valence-electron chi connectivity index (χ1n) is 12.5. The average molecular weight is 458 g/mol. The Morgan fingerprint density at radius 2 is 1.09 bits per heavy atom. The molecule has 0 radical (unpaired) electrons. The van der Waals surface area contributed by atoms with Gasteiger partial charge >= 0.3 is 11.9 Å². The van der Waals surface area contributed by atoms with Crippen molar-refractivity contribution in [2.24, 2.45) is 0 Å². The summed E-state index contributed by atoms with van der Waals surface area (Å²) in [6.45, 7) is 0.451. The fourth-order valence-electron chi connectivity index (χ4n) is 3.85. The summed E-state index contributed by atoms with van der Waals surface area (Å²) < 4.78 is 5.89. The van der Waals surface area contributed by atoms with Gasteiger partial charge in [0.05, 0.1) is 21.1 Å². The maximum Gasteiger partial charge on any atom is 0.306 e. The van der Waals surface area contributed by atoms with Crippen molar-refractivity contribution in [3.05, 3.63) is 0 Å². The minimum atomic E-state index is -1.19. The fourth-order valence-corrected chi connectivity index (χ4v) is 3.85. The van der Waals surface area contributed by atoms with Gasteiger partial charge in [-0.15, -0.1) is 0 Å². The molecule has 0 amide bonds. The molecule has 1 atom stereocenters. The first-order chi connectivity index (χ1) is 15.1. The van der Waals surface area contributed by atoms with Crippen LogP contribution in [0.25, 0.3) is 0 Å². The third-order valence-corrected chi connectivity index (χ3v) is 5.47. The highest BCUT2D eigenvalue weighted by Crippen LogP contribution is 2.14. The van der Waals surface area contributed by atoms with Crippen LogP contribution in [0.2, 0.25) is 0 Å². The fraction of sp³-hybridized carbons (Fsp3) is 0.880. The number of quaternary nitrogens is 1. The van der Waals surface area contributed by atoms with Crippen molar-refractivity contribution in [3.8, 4) is 0 Å². The van der Waals surface area contributed by atoms with Gasteiger partial charge < -0.3 is 24.2 Å². The standard InChI is InChI=1S/C25H47NO6/c1-26(2,3)21-22(20-24(29)30)32-25(31)19-17-15-13-11-9-7-5-4-6-8-10-12-14-16-18-23(27)28/h22H,4-21H2,1-3H3,(H-,27,28,29,30). The zero-order valence-corrected chi connectivity index (χ0v) is 20.7. The maximum absolute atomic E-state index is 12.0. The molecule has 0 aliphatic heterocycles. The highest BCUT2D eigenvalue weighted by Gasteiger charge is 2.22. The number of esters is 1. The smallest absolute Gasteiger partial charge is 0.306 e. The molecule has 188 valence electrons. The molecule has 32 heavy (non-hydrogen) atoms. The summed E-state index contributed by atoms with van der Waals surface area (Å²) >= 11 is 0. The molecule has 1 unspecified atom stereocenters. The summed E-state index contributed by atoms with van der Waals surface area (Å²) in [7, 11) is 5.80.